The van der Waals surface area contributed by atoms with Crippen LogP contribution in [0, 0.1) is 13.8 Å². The van der Waals surface area contributed by atoms with E-state index in [9.17, 15) is 9.59 Å². The fourth-order valence-electron chi connectivity index (χ4n) is 3.03. The van der Waals surface area contributed by atoms with Gasteiger partial charge >= 0.3 is 0 Å². The Labute approximate surface area is 198 Å². The van der Waals surface area contributed by atoms with Gasteiger partial charge in [0.2, 0.25) is 5.91 Å². The molecule has 1 atom stereocenters. The van der Waals surface area contributed by atoms with E-state index in [1.807, 2.05) is 20.8 Å². The molecule has 8 heteroatoms. The molecule has 5 nitrogen and oxygen atoms in total. The van der Waals surface area contributed by atoms with Gasteiger partial charge in [-0.25, -0.2) is 0 Å². The lowest BCUT2D eigenvalue weighted by atomic mass is 10.1. The molecule has 168 valence electrons. The minimum Gasteiger partial charge on any atom is -0.484 e. The number of hydrogen-bond donors (Lipinski definition) is 1. The molecule has 2 amide bonds. The highest BCUT2D eigenvalue weighted by molar-refractivity contribution is 6.42. The Hall–Kier alpha value is -1.95. The molecule has 0 saturated heterocycles. The Bertz CT molecular complexity index is 927. The van der Waals surface area contributed by atoms with Crippen LogP contribution in [0.25, 0.3) is 0 Å². The summed E-state index contributed by atoms with van der Waals surface area (Å²) in [5, 5.41) is 4.31. The van der Waals surface area contributed by atoms with Crippen molar-refractivity contribution in [3.8, 4) is 5.75 Å². The number of rotatable bonds is 9. The number of carbonyl (C=O) groups is 2. The van der Waals surface area contributed by atoms with Gasteiger partial charge in [-0.15, -0.1) is 0 Å². The highest BCUT2D eigenvalue weighted by Gasteiger charge is 2.26. The van der Waals surface area contributed by atoms with Gasteiger partial charge in [0.05, 0.1) is 10.0 Å². The Morgan fingerprint density at radius 1 is 1.06 bits per heavy atom. The van der Waals surface area contributed by atoms with E-state index >= 15 is 0 Å². The summed E-state index contributed by atoms with van der Waals surface area (Å²) in [6.07, 6.45) is 0.803. The summed E-state index contributed by atoms with van der Waals surface area (Å²) in [5.41, 5.74) is 2.49. The molecule has 0 saturated carbocycles. The van der Waals surface area contributed by atoms with Gasteiger partial charge < -0.3 is 15.0 Å². The quantitative estimate of drug-likeness (QED) is 0.504. The van der Waals surface area contributed by atoms with Gasteiger partial charge in [0.1, 0.15) is 11.8 Å². The fourth-order valence-corrected chi connectivity index (χ4v) is 3.46. The number of benzene rings is 2. The lowest BCUT2D eigenvalue weighted by Crippen LogP contribution is -2.49. The van der Waals surface area contributed by atoms with Crippen molar-refractivity contribution in [3.63, 3.8) is 0 Å². The molecule has 0 heterocycles. The smallest absolute Gasteiger partial charge is 0.261 e. The van der Waals surface area contributed by atoms with Crippen LogP contribution in [0.5, 0.6) is 5.75 Å². The molecule has 0 unspecified atom stereocenters. The molecular formula is C23H27Cl3N2O3. The van der Waals surface area contributed by atoms with E-state index in [0.717, 1.165) is 23.1 Å². The predicted octanol–water partition coefficient (Wildman–Crippen LogP) is 5.59. The molecule has 2 aromatic rings. The van der Waals surface area contributed by atoms with E-state index in [1.54, 1.807) is 37.3 Å². The second kappa shape index (κ2) is 11.6. The van der Waals surface area contributed by atoms with Crippen molar-refractivity contribution >= 4 is 46.6 Å². The minimum absolute atomic E-state index is 0.193. The van der Waals surface area contributed by atoms with Crippen molar-refractivity contribution in [2.45, 2.75) is 46.7 Å². The van der Waals surface area contributed by atoms with Gasteiger partial charge in [0.15, 0.2) is 6.61 Å². The highest BCUT2D eigenvalue weighted by atomic mass is 35.5. The highest BCUT2D eigenvalue weighted by Crippen LogP contribution is 2.26. The third-order valence-corrected chi connectivity index (χ3v) is 6.16. The lowest BCUT2D eigenvalue weighted by molar-refractivity contribution is -0.142. The van der Waals surface area contributed by atoms with E-state index in [-0.39, 0.29) is 25.0 Å². The van der Waals surface area contributed by atoms with Crippen LogP contribution in [-0.2, 0) is 16.1 Å². The number of ether oxygens (including phenoxy) is 1. The summed E-state index contributed by atoms with van der Waals surface area (Å²) in [7, 11) is 0. The summed E-state index contributed by atoms with van der Waals surface area (Å²) in [6.45, 7) is 7.93. The van der Waals surface area contributed by atoms with Crippen LogP contribution in [0.3, 0.4) is 0 Å². The summed E-state index contributed by atoms with van der Waals surface area (Å²) in [4.78, 5) is 27.1. The molecule has 1 N–H and O–H groups in total. The van der Waals surface area contributed by atoms with Crippen molar-refractivity contribution in [1.82, 2.24) is 10.2 Å². The van der Waals surface area contributed by atoms with Gasteiger partial charge in [-0.1, -0.05) is 47.8 Å². The van der Waals surface area contributed by atoms with Crippen LogP contribution in [-0.4, -0.2) is 35.9 Å². The van der Waals surface area contributed by atoms with E-state index in [1.165, 1.54) is 4.90 Å². The van der Waals surface area contributed by atoms with Crippen molar-refractivity contribution in [2.24, 2.45) is 0 Å². The number of amides is 2. The first kappa shape index (κ1) is 25.3. The molecule has 0 fully saturated rings. The molecule has 0 spiro atoms. The van der Waals surface area contributed by atoms with Crippen molar-refractivity contribution < 1.29 is 14.3 Å². The standard InChI is InChI=1S/C23H27Cl3N2O3/c1-5-8-27-23(30)16(4)28(12-17-6-7-19(24)20(25)11-17)21(29)13-31-18-9-14(2)22(26)15(3)10-18/h6-7,9-11,16H,5,8,12-13H2,1-4H3,(H,27,30)/t16-/m1/s1. The molecule has 31 heavy (non-hydrogen) atoms. The molecule has 0 aliphatic rings. The second-order valence-corrected chi connectivity index (χ2v) is 8.59. The average molecular weight is 486 g/mol. The molecule has 0 bridgehead atoms. The van der Waals surface area contributed by atoms with E-state index in [2.05, 4.69) is 5.32 Å². The van der Waals surface area contributed by atoms with Gasteiger partial charge in [-0.3, -0.25) is 9.59 Å². The van der Waals surface area contributed by atoms with E-state index in [4.69, 9.17) is 39.5 Å². The summed E-state index contributed by atoms with van der Waals surface area (Å²) in [5.74, 6) is -0.00533. The number of halogens is 3. The molecular weight excluding hydrogens is 459 g/mol. The van der Waals surface area contributed by atoms with Crippen LogP contribution < -0.4 is 10.1 Å². The van der Waals surface area contributed by atoms with Gasteiger partial charge in [0, 0.05) is 18.1 Å². The van der Waals surface area contributed by atoms with Gasteiger partial charge in [-0.05, 0) is 68.1 Å². The average Bonchev–Trinajstić information content (AvgIpc) is 2.74. The zero-order valence-corrected chi connectivity index (χ0v) is 20.4. The predicted molar refractivity (Wildman–Crippen MR) is 126 cm³/mol. The first-order valence-electron chi connectivity index (χ1n) is 10.0. The lowest BCUT2D eigenvalue weighted by Gasteiger charge is -2.29. The zero-order chi connectivity index (χ0) is 23.1. The molecule has 0 radical (unpaired) electrons. The van der Waals surface area contributed by atoms with Crippen LogP contribution in [0.4, 0.5) is 0 Å². The molecule has 2 aromatic carbocycles. The van der Waals surface area contributed by atoms with Crippen LogP contribution in [0.1, 0.15) is 37.0 Å². The number of aryl methyl sites for hydroxylation is 2. The largest absolute Gasteiger partial charge is 0.484 e. The summed E-state index contributed by atoms with van der Waals surface area (Å²) < 4.78 is 5.73. The normalized spacial score (nSPS) is 11.7. The maximum atomic E-state index is 13.1. The number of hydrogen-bond acceptors (Lipinski definition) is 3. The molecule has 0 aromatic heterocycles. The minimum atomic E-state index is -0.689. The van der Waals surface area contributed by atoms with E-state index in [0.29, 0.717) is 27.4 Å². The third-order valence-electron chi connectivity index (χ3n) is 4.83. The SMILES string of the molecule is CCCNC(=O)[C@@H](C)N(Cc1ccc(Cl)c(Cl)c1)C(=O)COc1cc(C)c(Cl)c(C)c1. The Balaban J connectivity index is 2.20. The Morgan fingerprint density at radius 2 is 1.71 bits per heavy atom. The number of nitrogens with zero attached hydrogens (tertiary/aromatic N) is 1. The Morgan fingerprint density at radius 3 is 2.29 bits per heavy atom. The molecule has 2 rings (SSSR count). The number of nitrogens with one attached hydrogen (secondary N) is 1. The maximum Gasteiger partial charge on any atom is 0.261 e. The third kappa shape index (κ3) is 7.03. The van der Waals surface area contributed by atoms with Crippen molar-refractivity contribution in [1.29, 1.82) is 0 Å². The van der Waals surface area contributed by atoms with Crippen molar-refractivity contribution in [2.75, 3.05) is 13.2 Å². The number of carbonyl (C=O) groups excluding carboxylic acids is 2. The van der Waals surface area contributed by atoms with Gasteiger partial charge in [-0.2, -0.15) is 0 Å². The maximum absolute atomic E-state index is 13.1. The Kier molecular flexibility index (Phi) is 9.48. The molecule has 0 aliphatic heterocycles. The van der Waals surface area contributed by atoms with E-state index < -0.39 is 6.04 Å². The monoisotopic (exact) mass is 484 g/mol. The molecule has 0 aliphatic carbocycles. The topological polar surface area (TPSA) is 58.6 Å². The fraction of sp³-hybridized carbons (Fsp3) is 0.391. The van der Waals surface area contributed by atoms with Crippen LogP contribution in [0.15, 0.2) is 30.3 Å². The second-order valence-electron chi connectivity index (χ2n) is 7.40. The zero-order valence-electron chi connectivity index (χ0n) is 18.1. The summed E-state index contributed by atoms with van der Waals surface area (Å²) in [6, 6.07) is 8.00. The van der Waals surface area contributed by atoms with Crippen LogP contribution >= 0.6 is 34.8 Å². The first-order valence-corrected chi connectivity index (χ1v) is 11.2. The van der Waals surface area contributed by atoms with Crippen molar-refractivity contribution in [3.05, 3.63) is 62.1 Å². The van der Waals surface area contributed by atoms with Crippen LogP contribution in [0.2, 0.25) is 15.1 Å². The van der Waals surface area contributed by atoms with Gasteiger partial charge in [0.25, 0.3) is 5.91 Å². The first-order chi connectivity index (χ1) is 14.6. The summed E-state index contributed by atoms with van der Waals surface area (Å²) >= 11 is 18.3.